The van der Waals surface area contributed by atoms with Gasteiger partial charge in [0.25, 0.3) is 0 Å². The lowest BCUT2D eigenvalue weighted by molar-refractivity contribution is 0.492. The molecule has 0 amide bonds. The Morgan fingerprint density at radius 2 is 2.11 bits per heavy atom. The van der Waals surface area contributed by atoms with Crippen molar-refractivity contribution in [2.24, 2.45) is 0 Å². The Kier molecular flexibility index (Phi) is 4.97. The van der Waals surface area contributed by atoms with Gasteiger partial charge in [-0.3, -0.25) is 0 Å². The van der Waals surface area contributed by atoms with Gasteiger partial charge in [0, 0.05) is 23.4 Å². The van der Waals surface area contributed by atoms with Gasteiger partial charge in [0.05, 0.1) is 0 Å². The summed E-state index contributed by atoms with van der Waals surface area (Å²) in [6.07, 6.45) is 0. The third kappa shape index (κ3) is 4.06. The van der Waals surface area contributed by atoms with Crippen LogP contribution < -0.4 is 0 Å². The summed E-state index contributed by atoms with van der Waals surface area (Å²) in [6, 6.07) is 10.6. The van der Waals surface area contributed by atoms with Gasteiger partial charge in [-0.1, -0.05) is 19.1 Å². The van der Waals surface area contributed by atoms with Crippen LogP contribution in [0.1, 0.15) is 17.4 Å². The summed E-state index contributed by atoms with van der Waals surface area (Å²) in [6.45, 7) is 3.70. The van der Waals surface area contributed by atoms with E-state index in [4.69, 9.17) is 5.26 Å². The van der Waals surface area contributed by atoms with Gasteiger partial charge in [-0.05, 0) is 35.7 Å². The topological polar surface area (TPSA) is 27.0 Å². The third-order valence-electron chi connectivity index (χ3n) is 2.54. The maximum atomic E-state index is 12.8. The molecule has 0 saturated carbocycles. The van der Waals surface area contributed by atoms with Gasteiger partial charge in [0.1, 0.15) is 16.8 Å². The highest BCUT2D eigenvalue weighted by molar-refractivity contribution is 7.97. The SMILES string of the molecule is CCN(Cc1ccc(F)cc1)Sc1csc(C#N)c1. The molecule has 0 aliphatic carbocycles. The first-order chi connectivity index (χ1) is 9.21. The minimum absolute atomic E-state index is 0.212. The fourth-order valence-corrected chi connectivity index (χ4v) is 3.34. The van der Waals surface area contributed by atoms with Crippen LogP contribution in [0.15, 0.2) is 40.6 Å². The molecule has 1 aromatic heterocycles. The largest absolute Gasteiger partial charge is 0.242 e. The van der Waals surface area contributed by atoms with Crippen LogP contribution >= 0.6 is 23.3 Å². The molecular formula is C14H13FN2S2. The molecule has 0 aliphatic rings. The zero-order valence-electron chi connectivity index (χ0n) is 10.5. The van der Waals surface area contributed by atoms with Crippen LogP contribution in [0.5, 0.6) is 0 Å². The van der Waals surface area contributed by atoms with Gasteiger partial charge >= 0.3 is 0 Å². The van der Waals surface area contributed by atoms with Gasteiger partial charge in [0.15, 0.2) is 0 Å². The average Bonchev–Trinajstić information content (AvgIpc) is 2.88. The lowest BCUT2D eigenvalue weighted by atomic mass is 10.2. The van der Waals surface area contributed by atoms with Crippen LogP contribution in [-0.4, -0.2) is 10.8 Å². The van der Waals surface area contributed by atoms with Crippen LogP contribution in [0, 0.1) is 17.1 Å². The summed E-state index contributed by atoms with van der Waals surface area (Å²) in [5, 5.41) is 10.8. The Morgan fingerprint density at radius 3 is 2.68 bits per heavy atom. The minimum Gasteiger partial charge on any atom is -0.242 e. The molecule has 2 nitrogen and oxygen atoms in total. The Balaban J connectivity index is 2.00. The van der Waals surface area contributed by atoms with E-state index in [1.54, 1.807) is 24.1 Å². The molecule has 0 unspecified atom stereocenters. The number of halogens is 1. The lowest BCUT2D eigenvalue weighted by Crippen LogP contribution is -2.14. The second-order valence-electron chi connectivity index (χ2n) is 3.93. The van der Waals surface area contributed by atoms with Crippen molar-refractivity contribution in [1.82, 2.24) is 4.31 Å². The Morgan fingerprint density at radius 1 is 1.37 bits per heavy atom. The predicted molar refractivity (Wildman–Crippen MR) is 77.4 cm³/mol. The number of nitrogens with zero attached hydrogens (tertiary/aromatic N) is 2. The Labute approximate surface area is 120 Å². The summed E-state index contributed by atoms with van der Waals surface area (Å²) in [4.78, 5) is 1.80. The van der Waals surface area contributed by atoms with E-state index in [9.17, 15) is 4.39 Å². The Bertz CT molecular complexity index is 572. The van der Waals surface area contributed by atoms with Crippen molar-refractivity contribution >= 4 is 23.3 Å². The van der Waals surface area contributed by atoms with Crippen LogP contribution in [0.4, 0.5) is 4.39 Å². The highest BCUT2D eigenvalue weighted by atomic mass is 32.2. The average molecular weight is 292 g/mol. The van der Waals surface area contributed by atoms with Crippen molar-refractivity contribution in [3.8, 4) is 6.07 Å². The van der Waals surface area contributed by atoms with Crippen LogP contribution in [0.2, 0.25) is 0 Å². The number of rotatable bonds is 5. The minimum atomic E-state index is -0.212. The summed E-state index contributed by atoms with van der Waals surface area (Å²) < 4.78 is 15.0. The van der Waals surface area contributed by atoms with Crippen molar-refractivity contribution in [2.45, 2.75) is 18.4 Å². The van der Waals surface area contributed by atoms with Crippen molar-refractivity contribution in [3.63, 3.8) is 0 Å². The van der Waals surface area contributed by atoms with E-state index < -0.39 is 0 Å². The van der Waals surface area contributed by atoms with E-state index in [-0.39, 0.29) is 5.82 Å². The number of benzene rings is 1. The number of nitriles is 1. The van der Waals surface area contributed by atoms with Crippen molar-refractivity contribution in [3.05, 3.63) is 52.0 Å². The van der Waals surface area contributed by atoms with E-state index in [0.717, 1.165) is 28.4 Å². The fraction of sp³-hybridized carbons (Fsp3) is 0.214. The molecule has 2 aromatic rings. The van der Waals surface area contributed by atoms with E-state index >= 15 is 0 Å². The van der Waals surface area contributed by atoms with Gasteiger partial charge in [-0.2, -0.15) is 5.26 Å². The highest BCUT2D eigenvalue weighted by Crippen LogP contribution is 2.28. The van der Waals surface area contributed by atoms with Crippen molar-refractivity contribution in [2.75, 3.05) is 6.54 Å². The normalized spacial score (nSPS) is 10.6. The van der Waals surface area contributed by atoms with Gasteiger partial charge in [-0.15, -0.1) is 11.3 Å². The highest BCUT2D eigenvalue weighted by Gasteiger charge is 2.08. The van der Waals surface area contributed by atoms with E-state index in [1.807, 2.05) is 11.4 Å². The molecule has 0 aliphatic heterocycles. The first-order valence-corrected chi connectivity index (χ1v) is 7.52. The standard InChI is InChI=1S/C14H13FN2S2/c1-2-17(9-11-3-5-12(15)6-4-11)19-14-7-13(8-16)18-10-14/h3-7,10H,2,9H2,1H3. The van der Waals surface area contributed by atoms with Gasteiger partial charge in [0.2, 0.25) is 0 Å². The maximum Gasteiger partial charge on any atom is 0.123 e. The Hall–Kier alpha value is -1.35. The summed E-state index contributed by atoms with van der Waals surface area (Å²) in [5.41, 5.74) is 1.08. The molecule has 5 heteroatoms. The fourth-order valence-electron chi connectivity index (χ4n) is 1.58. The molecular weight excluding hydrogens is 279 g/mol. The molecule has 2 rings (SSSR count). The molecule has 0 bridgehead atoms. The van der Waals surface area contributed by atoms with E-state index in [0.29, 0.717) is 0 Å². The van der Waals surface area contributed by atoms with Crippen molar-refractivity contribution < 1.29 is 4.39 Å². The second kappa shape index (κ2) is 6.71. The second-order valence-corrected chi connectivity index (χ2v) is 6.01. The molecule has 0 fully saturated rings. The monoisotopic (exact) mass is 292 g/mol. The quantitative estimate of drug-likeness (QED) is 0.769. The molecule has 0 radical (unpaired) electrons. The molecule has 0 atom stereocenters. The van der Waals surface area contributed by atoms with Crippen LogP contribution in [0.3, 0.4) is 0 Å². The molecule has 1 heterocycles. The first-order valence-electron chi connectivity index (χ1n) is 5.87. The molecule has 98 valence electrons. The summed E-state index contributed by atoms with van der Waals surface area (Å²) in [5.74, 6) is -0.212. The smallest absolute Gasteiger partial charge is 0.123 e. The molecule has 1 aromatic carbocycles. The number of thiophene rings is 1. The van der Waals surface area contributed by atoms with Crippen LogP contribution in [0.25, 0.3) is 0 Å². The van der Waals surface area contributed by atoms with E-state index in [1.165, 1.54) is 23.5 Å². The summed E-state index contributed by atoms with van der Waals surface area (Å²) >= 11 is 3.07. The lowest BCUT2D eigenvalue weighted by Gasteiger charge is -2.18. The molecule has 19 heavy (non-hydrogen) atoms. The van der Waals surface area contributed by atoms with Gasteiger partial charge in [-0.25, -0.2) is 8.70 Å². The number of hydrogen-bond donors (Lipinski definition) is 0. The predicted octanol–water partition coefficient (Wildman–Crippen LogP) is 4.29. The molecule has 0 N–H and O–H groups in total. The zero-order valence-corrected chi connectivity index (χ0v) is 12.1. The maximum absolute atomic E-state index is 12.8. The van der Waals surface area contributed by atoms with Crippen LogP contribution in [-0.2, 0) is 6.54 Å². The zero-order chi connectivity index (χ0) is 13.7. The van der Waals surface area contributed by atoms with E-state index in [2.05, 4.69) is 17.3 Å². The molecule has 0 saturated heterocycles. The van der Waals surface area contributed by atoms with Gasteiger partial charge < -0.3 is 0 Å². The third-order valence-corrected chi connectivity index (χ3v) is 4.62. The number of hydrogen-bond acceptors (Lipinski definition) is 4. The summed E-state index contributed by atoms with van der Waals surface area (Å²) in [7, 11) is 0. The van der Waals surface area contributed by atoms with Crippen molar-refractivity contribution in [1.29, 1.82) is 5.26 Å². The first kappa shape index (κ1) is 14.1. The molecule has 0 spiro atoms.